The largest absolute Gasteiger partial charge is 0.339 e. The number of rotatable bonds is 4. The van der Waals surface area contributed by atoms with Gasteiger partial charge in [-0.25, -0.2) is 0 Å². The van der Waals surface area contributed by atoms with Crippen molar-refractivity contribution in [3.05, 3.63) is 17.0 Å². The highest BCUT2D eigenvalue weighted by Gasteiger charge is 2.37. The smallest absolute Gasteiger partial charge is 0.223 e. The number of aromatic nitrogens is 2. The summed E-state index contributed by atoms with van der Waals surface area (Å²) in [5.74, 6) is 0.293. The average molecular weight is 304 g/mol. The lowest BCUT2D eigenvalue weighted by molar-refractivity contribution is -0.139. The number of aryl methyl sites for hydroxylation is 2. The molecule has 0 spiro atoms. The maximum absolute atomic E-state index is 12.3. The van der Waals surface area contributed by atoms with Crippen molar-refractivity contribution in [1.82, 2.24) is 20.0 Å². The van der Waals surface area contributed by atoms with Gasteiger partial charge in [0, 0.05) is 37.3 Å². The van der Waals surface area contributed by atoms with E-state index in [0.29, 0.717) is 24.4 Å². The lowest BCUT2D eigenvalue weighted by atomic mass is 9.97. The van der Waals surface area contributed by atoms with Gasteiger partial charge in [0.25, 0.3) is 0 Å². The highest BCUT2D eigenvalue weighted by atomic mass is 16.2. The molecule has 0 aromatic carbocycles. The van der Waals surface area contributed by atoms with Crippen LogP contribution in [0.2, 0.25) is 0 Å². The minimum Gasteiger partial charge on any atom is -0.339 e. The number of nitrogens with one attached hydrogen (secondary N) is 1. The molecule has 2 fully saturated rings. The summed E-state index contributed by atoms with van der Waals surface area (Å²) < 4.78 is 0. The van der Waals surface area contributed by atoms with Gasteiger partial charge in [-0.2, -0.15) is 5.10 Å². The lowest BCUT2D eigenvalue weighted by Gasteiger charge is -2.49. The van der Waals surface area contributed by atoms with E-state index in [4.69, 9.17) is 0 Å². The van der Waals surface area contributed by atoms with E-state index in [1.807, 2.05) is 18.7 Å². The molecule has 0 aliphatic carbocycles. The summed E-state index contributed by atoms with van der Waals surface area (Å²) in [6, 6.07) is 1.28. The number of carbonyl (C=O) groups is 1. The molecule has 1 amide bonds. The molecule has 2 saturated heterocycles. The number of piperidine rings is 1. The first-order valence-corrected chi connectivity index (χ1v) is 8.60. The quantitative estimate of drug-likeness (QED) is 0.926. The summed E-state index contributed by atoms with van der Waals surface area (Å²) in [5, 5.41) is 7.19. The maximum Gasteiger partial charge on any atom is 0.223 e. The van der Waals surface area contributed by atoms with Crippen molar-refractivity contribution in [2.45, 2.75) is 65.0 Å². The van der Waals surface area contributed by atoms with Gasteiger partial charge in [0.15, 0.2) is 0 Å². The van der Waals surface area contributed by atoms with Gasteiger partial charge >= 0.3 is 0 Å². The molecule has 0 radical (unpaired) electrons. The van der Waals surface area contributed by atoms with Crippen molar-refractivity contribution in [2.24, 2.45) is 0 Å². The number of likely N-dealkylation sites (tertiary alicyclic amines) is 2. The fourth-order valence-electron chi connectivity index (χ4n) is 3.86. The third kappa shape index (κ3) is 3.05. The third-order valence-corrected chi connectivity index (χ3v) is 5.41. The van der Waals surface area contributed by atoms with E-state index >= 15 is 0 Å². The van der Waals surface area contributed by atoms with Gasteiger partial charge in [0.2, 0.25) is 5.91 Å². The third-order valence-electron chi connectivity index (χ3n) is 5.41. The number of carbonyl (C=O) groups excluding carboxylic acids is 1. The molecule has 5 nitrogen and oxygen atoms in total. The van der Waals surface area contributed by atoms with Crippen molar-refractivity contribution < 1.29 is 4.79 Å². The predicted octanol–water partition coefficient (Wildman–Crippen LogP) is 2.04. The number of hydrogen-bond acceptors (Lipinski definition) is 3. The molecule has 122 valence electrons. The van der Waals surface area contributed by atoms with E-state index in [2.05, 4.69) is 22.0 Å². The van der Waals surface area contributed by atoms with Crippen LogP contribution >= 0.6 is 0 Å². The standard InChI is InChI=1S/C17H28N4O/c1-12-6-4-5-9-21(12)15-10-20(11-15)17(22)8-7-16-13(2)18-19-14(16)3/h12,15H,4-11H2,1-3H3,(H,18,19). The van der Waals surface area contributed by atoms with Crippen LogP contribution in [0.1, 0.15) is 49.6 Å². The van der Waals surface area contributed by atoms with Crippen LogP contribution in [0.3, 0.4) is 0 Å². The van der Waals surface area contributed by atoms with Crippen molar-refractivity contribution in [2.75, 3.05) is 19.6 Å². The first-order valence-electron chi connectivity index (χ1n) is 8.60. The molecule has 1 N–H and O–H groups in total. The highest BCUT2D eigenvalue weighted by molar-refractivity contribution is 5.77. The molecular weight excluding hydrogens is 276 g/mol. The number of hydrogen-bond donors (Lipinski definition) is 1. The second kappa shape index (κ2) is 6.41. The minimum absolute atomic E-state index is 0.293. The topological polar surface area (TPSA) is 52.2 Å². The van der Waals surface area contributed by atoms with Gasteiger partial charge < -0.3 is 4.90 Å². The van der Waals surface area contributed by atoms with Crippen LogP contribution in [0.25, 0.3) is 0 Å². The molecular formula is C17H28N4O. The van der Waals surface area contributed by atoms with Crippen LogP contribution in [-0.2, 0) is 11.2 Å². The Morgan fingerprint density at radius 1 is 1.32 bits per heavy atom. The SMILES string of the molecule is Cc1n[nH]c(C)c1CCC(=O)N1CC(N2CCCCC2C)C1. The highest BCUT2D eigenvalue weighted by Crippen LogP contribution is 2.25. The van der Waals surface area contributed by atoms with Crippen molar-refractivity contribution in [3.63, 3.8) is 0 Å². The van der Waals surface area contributed by atoms with E-state index in [-0.39, 0.29) is 0 Å². The fourth-order valence-corrected chi connectivity index (χ4v) is 3.86. The Labute approximate surface area is 133 Å². The summed E-state index contributed by atoms with van der Waals surface area (Å²) in [5.41, 5.74) is 3.32. The van der Waals surface area contributed by atoms with Crippen molar-refractivity contribution in [3.8, 4) is 0 Å². The number of H-pyrrole nitrogens is 1. The second-order valence-corrected chi connectivity index (χ2v) is 6.95. The Morgan fingerprint density at radius 2 is 2.09 bits per heavy atom. The Balaban J connectivity index is 1.45. The van der Waals surface area contributed by atoms with E-state index in [1.54, 1.807) is 0 Å². The van der Waals surface area contributed by atoms with Crippen LogP contribution in [0.15, 0.2) is 0 Å². The zero-order valence-corrected chi connectivity index (χ0v) is 14.1. The van der Waals surface area contributed by atoms with Gasteiger partial charge in [0.1, 0.15) is 0 Å². The fraction of sp³-hybridized carbons (Fsp3) is 0.765. The van der Waals surface area contributed by atoms with Gasteiger partial charge in [-0.15, -0.1) is 0 Å². The van der Waals surface area contributed by atoms with Gasteiger partial charge in [0.05, 0.1) is 5.69 Å². The molecule has 1 atom stereocenters. The number of amides is 1. The Morgan fingerprint density at radius 3 is 2.73 bits per heavy atom. The summed E-state index contributed by atoms with van der Waals surface area (Å²) in [6.45, 7) is 9.41. The van der Waals surface area contributed by atoms with Crippen LogP contribution < -0.4 is 0 Å². The summed E-state index contributed by atoms with van der Waals surface area (Å²) in [7, 11) is 0. The number of nitrogens with zero attached hydrogens (tertiary/aromatic N) is 3. The minimum atomic E-state index is 0.293. The molecule has 2 aliphatic heterocycles. The Kier molecular flexibility index (Phi) is 4.52. The molecule has 5 heteroatoms. The molecule has 0 saturated carbocycles. The van der Waals surface area contributed by atoms with Gasteiger partial charge in [-0.1, -0.05) is 6.42 Å². The second-order valence-electron chi connectivity index (χ2n) is 6.95. The van der Waals surface area contributed by atoms with Gasteiger partial charge in [-0.3, -0.25) is 14.8 Å². The van der Waals surface area contributed by atoms with Crippen LogP contribution in [0.4, 0.5) is 0 Å². The summed E-state index contributed by atoms with van der Waals surface area (Å²) >= 11 is 0. The summed E-state index contributed by atoms with van der Waals surface area (Å²) in [4.78, 5) is 17.0. The van der Waals surface area contributed by atoms with E-state index < -0.39 is 0 Å². The normalized spacial score (nSPS) is 23.6. The lowest BCUT2D eigenvalue weighted by Crippen LogP contribution is -2.63. The van der Waals surface area contributed by atoms with E-state index in [9.17, 15) is 4.79 Å². The zero-order chi connectivity index (χ0) is 15.7. The molecule has 1 unspecified atom stereocenters. The molecule has 1 aromatic heterocycles. The van der Waals surface area contributed by atoms with E-state index in [1.165, 1.54) is 31.4 Å². The van der Waals surface area contributed by atoms with Crippen molar-refractivity contribution in [1.29, 1.82) is 0 Å². The first kappa shape index (κ1) is 15.5. The number of aromatic amines is 1. The maximum atomic E-state index is 12.3. The van der Waals surface area contributed by atoms with Crippen molar-refractivity contribution >= 4 is 5.91 Å². The molecule has 3 rings (SSSR count). The van der Waals surface area contributed by atoms with E-state index in [0.717, 1.165) is 30.9 Å². The molecule has 0 bridgehead atoms. The van der Waals surface area contributed by atoms with Crippen LogP contribution in [0.5, 0.6) is 0 Å². The zero-order valence-electron chi connectivity index (χ0n) is 14.1. The first-order chi connectivity index (χ1) is 10.6. The average Bonchev–Trinajstić information content (AvgIpc) is 2.76. The van der Waals surface area contributed by atoms with Crippen LogP contribution in [0, 0.1) is 13.8 Å². The van der Waals surface area contributed by atoms with Crippen LogP contribution in [-0.4, -0.2) is 57.6 Å². The molecule has 22 heavy (non-hydrogen) atoms. The Hall–Kier alpha value is -1.36. The predicted molar refractivity (Wildman–Crippen MR) is 86.8 cm³/mol. The summed E-state index contributed by atoms with van der Waals surface area (Å²) in [6.07, 6.45) is 5.38. The molecule has 3 heterocycles. The molecule has 1 aromatic rings. The van der Waals surface area contributed by atoms with Gasteiger partial charge in [-0.05, 0) is 52.1 Å². The monoisotopic (exact) mass is 304 g/mol. The molecule has 2 aliphatic rings. The Bertz CT molecular complexity index is 513.